The second-order valence-corrected chi connectivity index (χ2v) is 6.34. The van der Waals surface area contributed by atoms with Gasteiger partial charge in [0.15, 0.2) is 0 Å². The molecule has 1 aliphatic heterocycles. The van der Waals surface area contributed by atoms with E-state index >= 15 is 0 Å². The number of nitrogens with zero attached hydrogens (tertiary/aromatic N) is 1. The molecule has 23 heavy (non-hydrogen) atoms. The molecule has 1 N–H and O–H groups in total. The molecule has 1 saturated heterocycles. The van der Waals surface area contributed by atoms with Gasteiger partial charge in [-0.25, -0.2) is 0 Å². The molecule has 0 radical (unpaired) electrons. The van der Waals surface area contributed by atoms with Crippen molar-refractivity contribution in [1.82, 2.24) is 10.2 Å². The molecule has 1 fully saturated rings. The molecule has 0 aliphatic carbocycles. The molecule has 0 saturated carbocycles. The van der Waals surface area contributed by atoms with Gasteiger partial charge in [-0.1, -0.05) is 43.3 Å². The molecule has 1 aromatic carbocycles. The summed E-state index contributed by atoms with van der Waals surface area (Å²) < 4.78 is 0. The van der Waals surface area contributed by atoms with Gasteiger partial charge in [0.1, 0.15) is 0 Å². The van der Waals surface area contributed by atoms with E-state index in [1.807, 2.05) is 29.2 Å². The zero-order chi connectivity index (χ0) is 15.8. The molecular formula is C19H29ClN2O. The van der Waals surface area contributed by atoms with E-state index in [4.69, 9.17) is 0 Å². The number of halogens is 1. The molecule has 4 heteroatoms. The summed E-state index contributed by atoms with van der Waals surface area (Å²) in [5.74, 6) is 1.30. The first-order valence-electron chi connectivity index (χ1n) is 8.34. The van der Waals surface area contributed by atoms with E-state index in [-0.39, 0.29) is 18.3 Å². The van der Waals surface area contributed by atoms with Gasteiger partial charge in [0.05, 0.1) is 0 Å². The number of benzene rings is 1. The summed E-state index contributed by atoms with van der Waals surface area (Å²) >= 11 is 0. The van der Waals surface area contributed by atoms with Gasteiger partial charge in [0, 0.05) is 19.5 Å². The van der Waals surface area contributed by atoms with Crippen LogP contribution in [0.1, 0.15) is 31.7 Å². The molecule has 128 valence electrons. The van der Waals surface area contributed by atoms with Crippen molar-refractivity contribution < 1.29 is 4.79 Å². The molecule has 0 spiro atoms. The topological polar surface area (TPSA) is 32.3 Å². The molecule has 2 unspecified atom stereocenters. The van der Waals surface area contributed by atoms with Crippen molar-refractivity contribution in [2.75, 3.05) is 19.6 Å². The second kappa shape index (κ2) is 10.5. The molecular weight excluding hydrogens is 308 g/mol. The van der Waals surface area contributed by atoms with Gasteiger partial charge in [-0.3, -0.25) is 4.79 Å². The maximum absolute atomic E-state index is 12.6. The number of nitrogens with one attached hydrogen (secondary N) is 1. The highest BCUT2D eigenvalue weighted by molar-refractivity contribution is 5.85. The highest BCUT2D eigenvalue weighted by Crippen LogP contribution is 2.23. The minimum Gasteiger partial charge on any atom is -0.335 e. The minimum atomic E-state index is 0. The number of rotatable bonds is 7. The largest absolute Gasteiger partial charge is 0.335 e. The van der Waals surface area contributed by atoms with Crippen molar-refractivity contribution in [3.05, 3.63) is 48.6 Å². The summed E-state index contributed by atoms with van der Waals surface area (Å²) in [6, 6.07) is 10.2. The summed E-state index contributed by atoms with van der Waals surface area (Å²) in [5, 5.41) is 3.44. The second-order valence-electron chi connectivity index (χ2n) is 6.34. The molecule has 2 atom stereocenters. The van der Waals surface area contributed by atoms with E-state index in [1.165, 1.54) is 18.4 Å². The van der Waals surface area contributed by atoms with Crippen LogP contribution in [0.2, 0.25) is 0 Å². The Morgan fingerprint density at radius 1 is 1.43 bits per heavy atom. The van der Waals surface area contributed by atoms with Crippen LogP contribution in [0.15, 0.2) is 43.0 Å². The average molecular weight is 337 g/mol. The van der Waals surface area contributed by atoms with Crippen molar-refractivity contribution in [3.8, 4) is 0 Å². The lowest BCUT2D eigenvalue weighted by Gasteiger charge is -2.30. The van der Waals surface area contributed by atoms with Crippen molar-refractivity contribution in [3.63, 3.8) is 0 Å². The van der Waals surface area contributed by atoms with E-state index < -0.39 is 0 Å². The molecule has 2 rings (SSSR count). The number of piperidine rings is 1. The third kappa shape index (κ3) is 6.36. The zero-order valence-corrected chi connectivity index (χ0v) is 14.9. The van der Waals surface area contributed by atoms with Crippen LogP contribution in [0.25, 0.3) is 0 Å². The van der Waals surface area contributed by atoms with Crippen molar-refractivity contribution in [1.29, 1.82) is 0 Å². The lowest BCUT2D eigenvalue weighted by Crippen LogP contribution is -2.37. The summed E-state index contributed by atoms with van der Waals surface area (Å²) in [5.41, 5.74) is 1.17. The third-order valence-corrected chi connectivity index (χ3v) is 4.55. The van der Waals surface area contributed by atoms with E-state index in [1.54, 1.807) is 0 Å². The Bertz CT molecular complexity index is 472. The predicted molar refractivity (Wildman–Crippen MR) is 98.7 cm³/mol. The van der Waals surface area contributed by atoms with Crippen molar-refractivity contribution in [2.45, 2.75) is 32.7 Å². The van der Waals surface area contributed by atoms with Crippen molar-refractivity contribution in [2.24, 2.45) is 11.8 Å². The number of amides is 1. The standard InChI is InChI=1S/C19H28N2O.ClH/c1-3-12-21(15-17-8-5-4-6-9-17)19(22)13-16(2)18-10-7-11-20-14-18;/h3-6,8-9,16,18,20H,1,7,10-15H2,2H3;1H. The van der Waals surface area contributed by atoms with Crippen LogP contribution in [0, 0.1) is 11.8 Å². The molecule has 1 amide bonds. The summed E-state index contributed by atoms with van der Waals surface area (Å²) in [7, 11) is 0. The van der Waals surface area contributed by atoms with Gasteiger partial charge >= 0.3 is 0 Å². The smallest absolute Gasteiger partial charge is 0.223 e. The number of carbonyl (C=O) groups excluding carboxylic acids is 1. The van der Waals surface area contributed by atoms with E-state index in [2.05, 4.69) is 31.0 Å². The molecule has 3 nitrogen and oxygen atoms in total. The van der Waals surface area contributed by atoms with Crippen molar-refractivity contribution >= 4 is 18.3 Å². The molecule has 1 heterocycles. The Labute approximate surface area is 146 Å². The van der Waals surface area contributed by atoms with Gasteiger partial charge < -0.3 is 10.2 Å². The number of carbonyl (C=O) groups is 1. The quantitative estimate of drug-likeness (QED) is 0.771. The summed E-state index contributed by atoms with van der Waals surface area (Å²) in [6.45, 7) is 9.45. The zero-order valence-electron chi connectivity index (χ0n) is 14.0. The fraction of sp³-hybridized carbons (Fsp3) is 0.526. The van der Waals surface area contributed by atoms with E-state index in [0.29, 0.717) is 31.3 Å². The van der Waals surface area contributed by atoms with Crippen LogP contribution >= 0.6 is 12.4 Å². The highest BCUT2D eigenvalue weighted by atomic mass is 35.5. The Kier molecular flexibility index (Phi) is 8.97. The monoisotopic (exact) mass is 336 g/mol. The minimum absolute atomic E-state index is 0. The van der Waals surface area contributed by atoms with Crippen LogP contribution in [0.5, 0.6) is 0 Å². The highest BCUT2D eigenvalue weighted by Gasteiger charge is 2.24. The lowest BCUT2D eigenvalue weighted by atomic mass is 9.85. The van der Waals surface area contributed by atoms with Gasteiger partial charge in [-0.05, 0) is 43.3 Å². The summed E-state index contributed by atoms with van der Waals surface area (Å²) in [6.07, 6.45) is 4.91. The Hall–Kier alpha value is -1.32. The number of hydrogen-bond acceptors (Lipinski definition) is 2. The molecule has 0 bridgehead atoms. The first-order valence-corrected chi connectivity index (χ1v) is 8.34. The number of hydrogen-bond donors (Lipinski definition) is 1. The average Bonchev–Trinajstić information content (AvgIpc) is 2.56. The van der Waals surface area contributed by atoms with Gasteiger partial charge in [-0.2, -0.15) is 0 Å². The maximum atomic E-state index is 12.6. The van der Waals surface area contributed by atoms with Crippen LogP contribution in [-0.2, 0) is 11.3 Å². The van der Waals surface area contributed by atoms with Crippen LogP contribution in [-0.4, -0.2) is 30.4 Å². The first kappa shape index (κ1) is 19.7. The predicted octanol–water partition coefficient (Wildman–Crippen LogP) is 3.65. The van der Waals surface area contributed by atoms with E-state index in [0.717, 1.165) is 13.1 Å². The first-order chi connectivity index (χ1) is 10.7. The van der Waals surface area contributed by atoms with Gasteiger partial charge in [-0.15, -0.1) is 19.0 Å². The fourth-order valence-electron chi connectivity index (χ4n) is 3.15. The lowest BCUT2D eigenvalue weighted by molar-refractivity contribution is -0.132. The fourth-order valence-corrected chi connectivity index (χ4v) is 3.15. The Balaban J connectivity index is 0.00000264. The summed E-state index contributed by atoms with van der Waals surface area (Å²) in [4.78, 5) is 14.6. The normalized spacial score (nSPS) is 18.6. The van der Waals surface area contributed by atoms with E-state index in [9.17, 15) is 4.79 Å². The van der Waals surface area contributed by atoms with Crippen LogP contribution in [0.3, 0.4) is 0 Å². The van der Waals surface area contributed by atoms with Crippen LogP contribution in [0.4, 0.5) is 0 Å². The van der Waals surface area contributed by atoms with Gasteiger partial charge in [0.2, 0.25) is 5.91 Å². The molecule has 1 aliphatic rings. The third-order valence-electron chi connectivity index (χ3n) is 4.55. The van der Waals surface area contributed by atoms with Crippen LogP contribution < -0.4 is 5.32 Å². The maximum Gasteiger partial charge on any atom is 0.223 e. The molecule has 1 aromatic rings. The molecule has 0 aromatic heterocycles. The SMILES string of the molecule is C=CCN(Cc1ccccc1)C(=O)CC(C)C1CCCNC1.Cl. The van der Waals surface area contributed by atoms with Gasteiger partial charge in [0.25, 0.3) is 0 Å². The Morgan fingerprint density at radius 3 is 2.78 bits per heavy atom. The Morgan fingerprint density at radius 2 is 2.17 bits per heavy atom.